The Labute approximate surface area is 136 Å². The molecule has 0 heterocycles. The molecule has 1 unspecified atom stereocenters. The molecule has 0 bridgehead atoms. The molecule has 0 spiro atoms. The third-order valence-electron chi connectivity index (χ3n) is 2.52. The van der Waals surface area contributed by atoms with Crippen LogP contribution in [0, 0.1) is 5.41 Å². The van der Waals surface area contributed by atoms with Gasteiger partial charge in [-0.05, 0) is 11.8 Å². The Morgan fingerprint density at radius 2 is 1.61 bits per heavy atom. The first-order valence-electron chi connectivity index (χ1n) is 7.30. The van der Waals surface area contributed by atoms with Crippen LogP contribution in [0.15, 0.2) is 12.2 Å². The van der Waals surface area contributed by atoms with Crippen LogP contribution in [0.4, 0.5) is 0 Å². The molecule has 0 saturated carbocycles. The van der Waals surface area contributed by atoms with Crippen molar-refractivity contribution < 1.29 is 33.4 Å². The zero-order chi connectivity index (χ0) is 18.0. The van der Waals surface area contributed by atoms with E-state index in [0.717, 1.165) is 19.3 Å². The van der Waals surface area contributed by atoms with Gasteiger partial charge < -0.3 is 14.2 Å². The Bertz CT molecular complexity index is 471. The average molecular weight is 328 g/mol. The highest BCUT2D eigenvalue weighted by Gasteiger charge is 2.27. The Morgan fingerprint density at radius 3 is 2.09 bits per heavy atom. The van der Waals surface area contributed by atoms with Crippen molar-refractivity contribution in [2.75, 3.05) is 7.11 Å². The van der Waals surface area contributed by atoms with Crippen LogP contribution in [0.25, 0.3) is 0 Å². The van der Waals surface area contributed by atoms with Crippen LogP contribution in [0.3, 0.4) is 0 Å². The predicted molar refractivity (Wildman–Crippen MR) is 81.1 cm³/mol. The number of hydrogen-bond acceptors (Lipinski definition) is 7. The summed E-state index contributed by atoms with van der Waals surface area (Å²) in [6, 6.07) is 0. The van der Waals surface area contributed by atoms with Gasteiger partial charge in [0.2, 0.25) is 0 Å². The molecule has 0 aliphatic carbocycles. The summed E-state index contributed by atoms with van der Waals surface area (Å²) in [5.74, 6) is -3.21. The first-order chi connectivity index (χ1) is 10.6. The Kier molecular flexibility index (Phi) is 8.83. The lowest BCUT2D eigenvalue weighted by Gasteiger charge is -2.18. The molecule has 0 aliphatic rings. The van der Waals surface area contributed by atoms with Crippen molar-refractivity contribution in [3.05, 3.63) is 12.2 Å². The van der Waals surface area contributed by atoms with Crippen molar-refractivity contribution in [3.63, 3.8) is 0 Å². The van der Waals surface area contributed by atoms with Crippen LogP contribution in [-0.2, 0) is 33.4 Å². The molecule has 0 saturated heterocycles. The molecule has 7 nitrogen and oxygen atoms in total. The van der Waals surface area contributed by atoms with E-state index in [0.29, 0.717) is 6.42 Å². The molecule has 7 heteroatoms. The van der Waals surface area contributed by atoms with E-state index in [1.807, 2.05) is 20.8 Å². The fourth-order valence-corrected chi connectivity index (χ4v) is 1.52. The van der Waals surface area contributed by atoms with E-state index in [4.69, 9.17) is 9.47 Å². The normalized spacial score (nSPS) is 12.6. The van der Waals surface area contributed by atoms with Crippen molar-refractivity contribution in [2.24, 2.45) is 5.41 Å². The van der Waals surface area contributed by atoms with Crippen LogP contribution in [0.2, 0.25) is 0 Å². The van der Waals surface area contributed by atoms with E-state index in [1.165, 1.54) is 0 Å². The maximum atomic E-state index is 11.9. The lowest BCUT2D eigenvalue weighted by atomic mass is 9.92. The molecule has 0 rings (SSSR count). The van der Waals surface area contributed by atoms with E-state index < -0.39 is 30.0 Å². The third-order valence-corrected chi connectivity index (χ3v) is 2.52. The fraction of sp³-hybridized carbons (Fsp3) is 0.625. The van der Waals surface area contributed by atoms with E-state index in [1.54, 1.807) is 6.92 Å². The van der Waals surface area contributed by atoms with Crippen molar-refractivity contribution in [1.82, 2.24) is 0 Å². The van der Waals surface area contributed by atoms with Gasteiger partial charge in [0, 0.05) is 12.2 Å². The molecule has 0 aromatic heterocycles. The summed E-state index contributed by atoms with van der Waals surface area (Å²) in [6.07, 6.45) is 1.34. The summed E-state index contributed by atoms with van der Waals surface area (Å²) >= 11 is 0. The third kappa shape index (κ3) is 10.2. The number of esters is 4. The Hall–Kier alpha value is -2.18. The number of rotatable bonds is 7. The van der Waals surface area contributed by atoms with E-state index in [2.05, 4.69) is 4.74 Å². The molecule has 0 N–H and O–H groups in total. The van der Waals surface area contributed by atoms with Gasteiger partial charge in [0.25, 0.3) is 0 Å². The molecule has 0 fully saturated rings. The quantitative estimate of drug-likeness (QED) is 0.305. The minimum Gasteiger partial charge on any atom is -0.466 e. The standard InChI is InChI=1S/C16H24O7/c1-6-7-11(22-13(18)9-8-12(17)21-5)15(20)23-14(19)10-16(2,3)4/h8-9,11H,6-7,10H2,1-5H3/b9-8+. The highest BCUT2D eigenvalue weighted by molar-refractivity contribution is 5.94. The van der Waals surface area contributed by atoms with Crippen LogP contribution < -0.4 is 0 Å². The molecule has 0 radical (unpaired) electrons. The van der Waals surface area contributed by atoms with Gasteiger partial charge in [-0.1, -0.05) is 34.1 Å². The molecule has 23 heavy (non-hydrogen) atoms. The molecular formula is C16H24O7. The molecular weight excluding hydrogens is 304 g/mol. The average Bonchev–Trinajstić information content (AvgIpc) is 2.41. The van der Waals surface area contributed by atoms with Crippen molar-refractivity contribution in [2.45, 2.75) is 53.1 Å². The number of carbonyl (C=O) groups excluding carboxylic acids is 4. The Morgan fingerprint density at radius 1 is 1.04 bits per heavy atom. The van der Waals surface area contributed by atoms with Gasteiger partial charge >= 0.3 is 23.9 Å². The number of hydrogen-bond donors (Lipinski definition) is 0. The number of methoxy groups -OCH3 is 1. The molecule has 0 aromatic carbocycles. The number of carbonyl (C=O) groups is 4. The monoisotopic (exact) mass is 328 g/mol. The second-order valence-corrected chi connectivity index (χ2v) is 6.10. The highest BCUT2D eigenvalue weighted by atomic mass is 16.6. The van der Waals surface area contributed by atoms with Gasteiger partial charge in [-0.15, -0.1) is 0 Å². The largest absolute Gasteiger partial charge is 0.466 e. The first kappa shape index (κ1) is 20.8. The molecule has 0 aromatic rings. The molecule has 130 valence electrons. The summed E-state index contributed by atoms with van der Waals surface area (Å²) in [4.78, 5) is 46.0. The van der Waals surface area contributed by atoms with Crippen LogP contribution in [-0.4, -0.2) is 37.1 Å². The number of ether oxygens (including phenoxy) is 3. The fourth-order valence-electron chi connectivity index (χ4n) is 1.52. The second kappa shape index (κ2) is 9.76. The van der Waals surface area contributed by atoms with E-state index in [-0.39, 0.29) is 18.3 Å². The lowest BCUT2D eigenvalue weighted by Crippen LogP contribution is -2.31. The van der Waals surface area contributed by atoms with E-state index in [9.17, 15) is 19.2 Å². The van der Waals surface area contributed by atoms with Gasteiger partial charge in [0.1, 0.15) is 0 Å². The van der Waals surface area contributed by atoms with Gasteiger partial charge in [0.15, 0.2) is 6.10 Å². The van der Waals surface area contributed by atoms with Crippen LogP contribution >= 0.6 is 0 Å². The minimum absolute atomic E-state index is 0.0633. The maximum Gasteiger partial charge on any atom is 0.355 e. The summed E-state index contributed by atoms with van der Waals surface area (Å²) in [5.41, 5.74) is -0.322. The summed E-state index contributed by atoms with van der Waals surface area (Å²) in [5, 5.41) is 0. The van der Waals surface area contributed by atoms with Gasteiger partial charge in [-0.3, -0.25) is 4.79 Å². The molecule has 0 amide bonds. The topological polar surface area (TPSA) is 96.0 Å². The van der Waals surface area contributed by atoms with Gasteiger partial charge in [0.05, 0.1) is 13.5 Å². The van der Waals surface area contributed by atoms with Crippen molar-refractivity contribution >= 4 is 23.9 Å². The smallest absolute Gasteiger partial charge is 0.355 e. The summed E-state index contributed by atoms with van der Waals surface area (Å²) in [7, 11) is 1.16. The van der Waals surface area contributed by atoms with Crippen molar-refractivity contribution in [3.8, 4) is 0 Å². The zero-order valence-corrected chi connectivity index (χ0v) is 14.2. The lowest BCUT2D eigenvalue weighted by molar-refractivity contribution is -0.173. The van der Waals surface area contributed by atoms with Crippen LogP contribution in [0.1, 0.15) is 47.0 Å². The second-order valence-electron chi connectivity index (χ2n) is 6.10. The predicted octanol–water partition coefficient (Wildman–Crippen LogP) is 1.93. The molecule has 1 atom stereocenters. The zero-order valence-electron chi connectivity index (χ0n) is 14.2. The van der Waals surface area contributed by atoms with Crippen LogP contribution in [0.5, 0.6) is 0 Å². The first-order valence-corrected chi connectivity index (χ1v) is 7.30. The van der Waals surface area contributed by atoms with Gasteiger partial charge in [-0.2, -0.15) is 0 Å². The van der Waals surface area contributed by atoms with E-state index >= 15 is 0 Å². The van der Waals surface area contributed by atoms with Crippen molar-refractivity contribution in [1.29, 1.82) is 0 Å². The maximum absolute atomic E-state index is 11.9. The Balaban J connectivity index is 4.68. The summed E-state index contributed by atoms with van der Waals surface area (Å²) in [6.45, 7) is 7.29. The minimum atomic E-state index is -1.20. The highest BCUT2D eigenvalue weighted by Crippen LogP contribution is 2.19. The SMILES string of the molecule is CCCC(OC(=O)/C=C/C(=O)OC)C(=O)OC(=O)CC(C)(C)C. The summed E-state index contributed by atoms with van der Waals surface area (Å²) < 4.78 is 14.0. The molecule has 0 aliphatic heterocycles. The van der Waals surface area contributed by atoms with Gasteiger partial charge in [-0.25, -0.2) is 14.4 Å².